The topological polar surface area (TPSA) is 26.0 Å². The highest BCUT2D eigenvalue weighted by Crippen LogP contribution is 2.50. The van der Waals surface area contributed by atoms with Crippen molar-refractivity contribution in [1.82, 2.24) is 0 Å². The molecule has 0 heterocycles. The standard InChI is InChI=1S/C9H13N/c1-2-6-3-8(10)4-7-5-9(6)7/h2-3,7-9H,1,4-5,10H2/t7?,8-,9-/m1/s1. The van der Waals surface area contributed by atoms with Crippen LogP contribution in [0.25, 0.3) is 0 Å². The summed E-state index contributed by atoms with van der Waals surface area (Å²) in [7, 11) is 0. The van der Waals surface area contributed by atoms with Gasteiger partial charge in [0.25, 0.3) is 0 Å². The molecule has 1 nitrogen and oxygen atoms in total. The summed E-state index contributed by atoms with van der Waals surface area (Å²) in [5.41, 5.74) is 7.19. The van der Waals surface area contributed by atoms with E-state index < -0.39 is 0 Å². The fraction of sp³-hybridized carbons (Fsp3) is 0.556. The van der Waals surface area contributed by atoms with Crippen molar-refractivity contribution in [3.05, 3.63) is 24.3 Å². The SMILES string of the molecule is C=CC1=C[C@@H](N)CC2C[C@H]12. The quantitative estimate of drug-likeness (QED) is 0.579. The van der Waals surface area contributed by atoms with Crippen molar-refractivity contribution in [1.29, 1.82) is 0 Å². The van der Waals surface area contributed by atoms with Crippen LogP contribution in [0.1, 0.15) is 12.8 Å². The van der Waals surface area contributed by atoms with Gasteiger partial charge in [-0.2, -0.15) is 0 Å². The van der Waals surface area contributed by atoms with Gasteiger partial charge in [-0.25, -0.2) is 0 Å². The molecule has 2 aliphatic carbocycles. The van der Waals surface area contributed by atoms with Crippen LogP contribution in [-0.4, -0.2) is 6.04 Å². The van der Waals surface area contributed by atoms with Crippen molar-refractivity contribution in [2.75, 3.05) is 0 Å². The maximum absolute atomic E-state index is 5.79. The summed E-state index contributed by atoms with van der Waals surface area (Å²) < 4.78 is 0. The van der Waals surface area contributed by atoms with Gasteiger partial charge in [0, 0.05) is 6.04 Å². The van der Waals surface area contributed by atoms with Crippen molar-refractivity contribution in [2.45, 2.75) is 18.9 Å². The zero-order chi connectivity index (χ0) is 7.14. The first-order chi connectivity index (χ1) is 4.81. The second-order valence-electron chi connectivity index (χ2n) is 3.37. The number of nitrogens with two attached hydrogens (primary N) is 1. The third kappa shape index (κ3) is 0.816. The first kappa shape index (κ1) is 6.17. The van der Waals surface area contributed by atoms with Crippen LogP contribution in [0.4, 0.5) is 0 Å². The highest BCUT2D eigenvalue weighted by molar-refractivity contribution is 5.30. The Bertz CT molecular complexity index is 193. The maximum atomic E-state index is 5.79. The first-order valence-electron chi connectivity index (χ1n) is 3.91. The summed E-state index contributed by atoms with van der Waals surface area (Å²) in [5.74, 6) is 1.73. The third-order valence-electron chi connectivity index (χ3n) is 2.57. The molecule has 0 aromatic rings. The van der Waals surface area contributed by atoms with Crippen LogP contribution in [0.2, 0.25) is 0 Å². The molecule has 0 amide bonds. The summed E-state index contributed by atoms with van der Waals surface area (Å²) in [5, 5.41) is 0. The van der Waals surface area contributed by atoms with E-state index in [1.54, 1.807) is 0 Å². The van der Waals surface area contributed by atoms with Gasteiger partial charge in [0.15, 0.2) is 0 Å². The first-order valence-corrected chi connectivity index (χ1v) is 3.91. The maximum Gasteiger partial charge on any atom is 0.0232 e. The van der Waals surface area contributed by atoms with Crippen LogP contribution >= 0.6 is 0 Å². The summed E-state index contributed by atoms with van der Waals surface area (Å²) >= 11 is 0. The second kappa shape index (κ2) is 1.96. The third-order valence-corrected chi connectivity index (χ3v) is 2.57. The molecule has 2 N–H and O–H groups in total. The van der Waals surface area contributed by atoms with E-state index in [0.717, 1.165) is 11.8 Å². The lowest BCUT2D eigenvalue weighted by atomic mass is 9.96. The predicted octanol–water partition coefficient (Wildman–Crippen LogP) is 1.47. The zero-order valence-electron chi connectivity index (χ0n) is 6.09. The van der Waals surface area contributed by atoms with Crippen molar-refractivity contribution in [2.24, 2.45) is 17.6 Å². The van der Waals surface area contributed by atoms with Gasteiger partial charge >= 0.3 is 0 Å². The molecule has 0 aliphatic heterocycles. The van der Waals surface area contributed by atoms with Gasteiger partial charge < -0.3 is 5.73 Å². The normalized spacial score (nSPS) is 43.7. The van der Waals surface area contributed by atoms with E-state index in [0.29, 0.717) is 6.04 Å². The van der Waals surface area contributed by atoms with E-state index in [4.69, 9.17) is 5.73 Å². The van der Waals surface area contributed by atoms with Crippen LogP contribution in [0, 0.1) is 11.8 Å². The highest BCUT2D eigenvalue weighted by Gasteiger charge is 2.41. The fourth-order valence-electron chi connectivity index (χ4n) is 1.92. The molecular formula is C9H13N. The number of rotatable bonds is 1. The Kier molecular flexibility index (Phi) is 1.21. The number of hydrogen-bond donors (Lipinski definition) is 1. The number of allylic oxidation sites excluding steroid dienone is 2. The molecule has 2 aliphatic rings. The van der Waals surface area contributed by atoms with Crippen molar-refractivity contribution >= 4 is 0 Å². The van der Waals surface area contributed by atoms with Crippen LogP contribution < -0.4 is 5.73 Å². The average molecular weight is 135 g/mol. The molecule has 1 unspecified atom stereocenters. The molecule has 10 heavy (non-hydrogen) atoms. The van der Waals surface area contributed by atoms with Gasteiger partial charge in [-0.1, -0.05) is 18.7 Å². The molecule has 1 saturated carbocycles. The largest absolute Gasteiger partial charge is 0.324 e. The van der Waals surface area contributed by atoms with Crippen molar-refractivity contribution < 1.29 is 0 Å². The fourth-order valence-corrected chi connectivity index (χ4v) is 1.92. The Morgan fingerprint density at radius 2 is 2.40 bits per heavy atom. The molecule has 0 aromatic carbocycles. The van der Waals surface area contributed by atoms with E-state index >= 15 is 0 Å². The Labute approximate surface area is 61.6 Å². The molecule has 1 fully saturated rings. The number of fused-ring (bicyclic) bond motifs is 1. The average Bonchev–Trinajstić information content (AvgIpc) is 2.64. The van der Waals surface area contributed by atoms with Crippen LogP contribution in [-0.2, 0) is 0 Å². The summed E-state index contributed by atoms with van der Waals surface area (Å²) in [6, 6.07) is 0.303. The van der Waals surface area contributed by atoms with Crippen LogP contribution in [0.3, 0.4) is 0 Å². The van der Waals surface area contributed by atoms with Crippen LogP contribution in [0.5, 0.6) is 0 Å². The Hall–Kier alpha value is -0.560. The number of hydrogen-bond acceptors (Lipinski definition) is 1. The van der Waals surface area contributed by atoms with E-state index in [-0.39, 0.29) is 0 Å². The summed E-state index contributed by atoms with van der Waals surface area (Å²) in [6.07, 6.45) is 6.68. The van der Waals surface area contributed by atoms with E-state index in [9.17, 15) is 0 Å². The van der Waals surface area contributed by atoms with Gasteiger partial charge in [0.05, 0.1) is 0 Å². The van der Waals surface area contributed by atoms with Gasteiger partial charge in [-0.3, -0.25) is 0 Å². The van der Waals surface area contributed by atoms with Crippen molar-refractivity contribution in [3.63, 3.8) is 0 Å². The monoisotopic (exact) mass is 135 g/mol. The van der Waals surface area contributed by atoms with Gasteiger partial charge in [0.2, 0.25) is 0 Å². The Balaban J connectivity index is 2.21. The van der Waals surface area contributed by atoms with E-state index in [2.05, 4.69) is 12.7 Å². The van der Waals surface area contributed by atoms with Gasteiger partial charge in [-0.15, -0.1) is 0 Å². The molecule has 54 valence electrons. The van der Waals surface area contributed by atoms with Gasteiger partial charge in [0.1, 0.15) is 0 Å². The molecule has 0 radical (unpaired) electrons. The Morgan fingerprint density at radius 3 is 3.10 bits per heavy atom. The van der Waals surface area contributed by atoms with Crippen molar-refractivity contribution in [3.8, 4) is 0 Å². The highest BCUT2D eigenvalue weighted by atomic mass is 14.7. The van der Waals surface area contributed by atoms with E-state index in [1.807, 2.05) is 6.08 Å². The zero-order valence-corrected chi connectivity index (χ0v) is 6.09. The minimum Gasteiger partial charge on any atom is -0.324 e. The lowest BCUT2D eigenvalue weighted by Gasteiger charge is -2.13. The molecule has 1 heteroatoms. The molecular weight excluding hydrogens is 122 g/mol. The molecule has 0 aromatic heterocycles. The van der Waals surface area contributed by atoms with Gasteiger partial charge in [-0.05, 0) is 30.3 Å². The lowest BCUT2D eigenvalue weighted by molar-refractivity contribution is 0.598. The summed E-state index contributed by atoms with van der Waals surface area (Å²) in [4.78, 5) is 0. The minimum absolute atomic E-state index is 0.303. The molecule has 0 spiro atoms. The van der Waals surface area contributed by atoms with Crippen LogP contribution in [0.15, 0.2) is 24.3 Å². The molecule has 2 rings (SSSR count). The predicted molar refractivity (Wildman–Crippen MR) is 42.5 cm³/mol. The molecule has 0 saturated heterocycles. The smallest absolute Gasteiger partial charge is 0.0232 e. The second-order valence-corrected chi connectivity index (χ2v) is 3.37. The van der Waals surface area contributed by atoms with E-state index in [1.165, 1.54) is 18.4 Å². The Morgan fingerprint density at radius 1 is 1.60 bits per heavy atom. The summed E-state index contributed by atoms with van der Waals surface area (Å²) in [6.45, 7) is 3.77. The molecule has 0 bridgehead atoms. The lowest BCUT2D eigenvalue weighted by Crippen LogP contribution is -2.21. The molecule has 3 atom stereocenters. The minimum atomic E-state index is 0.303.